The molecule has 0 aromatic rings. The first-order valence-corrected chi connectivity index (χ1v) is 22.8. The van der Waals surface area contributed by atoms with Crippen LogP contribution in [0.15, 0.2) is 0 Å². The molecule has 0 heterocycles. The monoisotopic (exact) mass is 664 g/mol. The van der Waals surface area contributed by atoms with Crippen LogP contribution in [0.5, 0.6) is 0 Å². The van der Waals surface area contributed by atoms with E-state index in [0.29, 0.717) is 0 Å². The number of nitrogens with one attached hydrogen (secondary N) is 1. The van der Waals surface area contributed by atoms with Crippen molar-refractivity contribution in [2.75, 3.05) is 24.6 Å². The molecule has 0 radical (unpaired) electrons. The molecule has 0 saturated heterocycles. The van der Waals surface area contributed by atoms with Gasteiger partial charge in [0.2, 0.25) is 0 Å². The summed E-state index contributed by atoms with van der Waals surface area (Å²) in [4.78, 5) is 0. The van der Waals surface area contributed by atoms with Gasteiger partial charge in [0.25, 0.3) is 0 Å². The van der Waals surface area contributed by atoms with Crippen molar-refractivity contribution >= 4 is 28.1 Å². The zero-order valence-electron chi connectivity index (χ0n) is 28.0. The lowest BCUT2D eigenvalue weighted by molar-refractivity contribution is 0.527. The minimum atomic E-state index is -5.49. The fourth-order valence-electron chi connectivity index (χ4n) is 5.70. The third-order valence-electron chi connectivity index (χ3n) is 8.14. The van der Waals surface area contributed by atoms with Crippen molar-refractivity contribution in [2.45, 2.75) is 182 Å². The molecule has 0 bridgehead atoms. The summed E-state index contributed by atoms with van der Waals surface area (Å²) in [6.07, 6.45) is 42.1. The van der Waals surface area contributed by atoms with Crippen LogP contribution in [-0.2, 0) is 20.8 Å². The number of rotatable bonds is 30. The Kier molecular flexibility index (Phi) is 31.5. The molecule has 0 spiro atoms. The first-order chi connectivity index (χ1) is 19.9. The predicted octanol–water partition coefficient (Wildman–Crippen LogP) is 11.5. The molecule has 1 N–H and O–H groups in total. The van der Waals surface area contributed by atoms with Crippen molar-refractivity contribution in [1.29, 1.82) is 0 Å². The van der Waals surface area contributed by atoms with Crippen LogP contribution >= 0.6 is 7.26 Å². The lowest BCUT2D eigenvalue weighted by atomic mass is 10.1. The summed E-state index contributed by atoms with van der Waals surface area (Å²) >= 11 is 0. The van der Waals surface area contributed by atoms with Crippen LogP contribution in [0.3, 0.4) is 0 Å². The molecule has 256 valence electrons. The smallest absolute Gasteiger partial charge is 0.176 e. The van der Waals surface area contributed by atoms with Gasteiger partial charge in [0.1, 0.15) is 0 Å². The van der Waals surface area contributed by atoms with E-state index in [1.165, 1.54) is 128 Å². The summed E-state index contributed by atoms with van der Waals surface area (Å²) in [5.41, 5.74) is 0. The number of unbranched alkanes of at least 4 members (excludes halogenated alkanes) is 20. The molecule has 0 amide bonds. The van der Waals surface area contributed by atoms with Crippen LogP contribution in [0.25, 0.3) is 0 Å². The second kappa shape index (κ2) is 29.8. The Morgan fingerprint density at radius 3 is 0.762 bits per heavy atom. The summed E-state index contributed by atoms with van der Waals surface area (Å²) in [6, 6.07) is 0. The maximum Gasteiger partial charge on any atom is 0.387 e. The molecule has 0 rings (SSSR count). The topological polar surface area (TPSA) is 80.3 Å². The molecule has 0 aliphatic rings. The van der Waals surface area contributed by atoms with E-state index in [1.807, 2.05) is 0 Å². The van der Waals surface area contributed by atoms with E-state index in [0.717, 1.165) is 0 Å². The zero-order valence-corrected chi connectivity index (χ0v) is 30.5. The van der Waals surface area contributed by atoms with Crippen LogP contribution < -0.4 is 4.13 Å². The third kappa shape index (κ3) is 34.6. The fourth-order valence-corrected chi connectivity index (χ4v) is 11.6. The highest BCUT2D eigenvalue weighted by Crippen LogP contribution is 2.61. The summed E-state index contributed by atoms with van der Waals surface area (Å²) in [6.45, 7) is 9.41. The Bertz CT molecular complexity index is 722. The highest BCUT2D eigenvalue weighted by molar-refractivity contribution is 7.99. The Balaban J connectivity index is 0. The summed E-state index contributed by atoms with van der Waals surface area (Å²) in [5.74, 6) is 0. The van der Waals surface area contributed by atoms with Gasteiger partial charge in [-0.1, -0.05) is 142 Å². The van der Waals surface area contributed by atoms with Gasteiger partial charge in [-0.3, -0.25) is 0 Å². The van der Waals surface area contributed by atoms with Crippen molar-refractivity contribution in [2.24, 2.45) is 0 Å². The molecule has 0 aromatic carbocycles. The second-order valence-corrected chi connectivity index (χ2v) is 19.2. The molecule has 0 fully saturated rings. The minimum absolute atomic E-state index is 0.0694. The van der Waals surface area contributed by atoms with Gasteiger partial charge in [0, 0.05) is 7.26 Å². The summed E-state index contributed by atoms with van der Waals surface area (Å²) < 4.78 is 59.3. The van der Waals surface area contributed by atoms with Gasteiger partial charge in [-0.25, -0.2) is 0 Å². The van der Waals surface area contributed by atoms with Crippen molar-refractivity contribution in [3.8, 4) is 0 Å². The molecule has 42 heavy (non-hydrogen) atoms. The Morgan fingerprint density at radius 2 is 0.571 bits per heavy atom. The van der Waals surface area contributed by atoms with Crippen LogP contribution in [0.1, 0.15) is 182 Å². The molecule has 0 unspecified atom stereocenters. The second-order valence-electron chi connectivity index (χ2n) is 12.3. The Labute approximate surface area is 262 Å². The normalized spacial score (nSPS) is 12.3. The quantitative estimate of drug-likeness (QED) is 0.0471. The molecule has 0 aliphatic heterocycles. The van der Waals surface area contributed by atoms with Crippen LogP contribution in [0.4, 0.5) is 7.77 Å². The molecular formula is C32H69F2NO4PS2+. The van der Waals surface area contributed by atoms with Gasteiger partial charge in [0.05, 0.1) is 24.6 Å². The van der Waals surface area contributed by atoms with Crippen LogP contribution in [0, 0.1) is 0 Å². The average Bonchev–Trinajstić information content (AvgIpc) is 2.90. The van der Waals surface area contributed by atoms with E-state index >= 15 is 0 Å². The SMILES string of the molecule is CCCCCCCCCCCCCC[P+](CCCCCC)(CCCCCC)CCCCCC.O=S(=O)(F)NS(=O)(=O)F. The number of hydrogen-bond donors (Lipinski definition) is 1. The Hall–Kier alpha value is 0.150. The molecule has 5 nitrogen and oxygen atoms in total. The lowest BCUT2D eigenvalue weighted by Crippen LogP contribution is -2.23. The van der Waals surface area contributed by atoms with Gasteiger partial charge >= 0.3 is 20.8 Å². The van der Waals surface area contributed by atoms with E-state index in [1.54, 1.807) is 50.3 Å². The summed E-state index contributed by atoms with van der Waals surface area (Å²) in [5, 5.41) is 0. The van der Waals surface area contributed by atoms with E-state index in [2.05, 4.69) is 27.7 Å². The molecule has 10 heteroatoms. The standard InChI is InChI=1S/C32H68P.F2HNO4S2/c1-5-9-13-17-18-19-20-21-22-23-24-28-32-33(29-25-14-10-6-2,30-26-15-11-7-3)31-27-16-12-8-4;1-8(4,5)3-9(2,6)7/h5-32H2,1-4H3;3H/q+1;. The molecule has 0 aromatic heterocycles. The molecule has 0 atom stereocenters. The van der Waals surface area contributed by atoms with Crippen LogP contribution in [-0.4, -0.2) is 41.5 Å². The third-order valence-corrected chi connectivity index (χ3v) is 14.8. The molecule has 0 saturated carbocycles. The summed E-state index contributed by atoms with van der Waals surface area (Å²) in [7, 11) is -11.7. The van der Waals surface area contributed by atoms with Crippen molar-refractivity contribution in [1.82, 2.24) is 4.13 Å². The maximum absolute atomic E-state index is 11.1. The van der Waals surface area contributed by atoms with Gasteiger partial charge in [-0.05, 0) is 51.4 Å². The van der Waals surface area contributed by atoms with E-state index < -0.39 is 28.1 Å². The van der Waals surface area contributed by atoms with Gasteiger partial charge < -0.3 is 0 Å². The number of hydrogen-bond acceptors (Lipinski definition) is 4. The molecule has 0 aliphatic carbocycles. The highest BCUT2D eigenvalue weighted by Gasteiger charge is 2.34. The largest absolute Gasteiger partial charge is 0.387 e. The maximum atomic E-state index is 11.1. The van der Waals surface area contributed by atoms with Gasteiger partial charge in [-0.15, -0.1) is 0 Å². The van der Waals surface area contributed by atoms with E-state index in [9.17, 15) is 24.6 Å². The fraction of sp³-hybridized carbons (Fsp3) is 1.00. The molecular weight excluding hydrogens is 595 g/mol. The predicted molar refractivity (Wildman–Crippen MR) is 183 cm³/mol. The highest BCUT2D eigenvalue weighted by atomic mass is 32.3. The van der Waals surface area contributed by atoms with Crippen molar-refractivity contribution in [3.05, 3.63) is 0 Å². The van der Waals surface area contributed by atoms with Gasteiger partial charge in [-0.2, -0.15) is 16.8 Å². The minimum Gasteiger partial charge on any atom is -0.176 e. The lowest BCUT2D eigenvalue weighted by Gasteiger charge is -2.28. The van der Waals surface area contributed by atoms with Crippen molar-refractivity contribution < 1.29 is 24.6 Å². The van der Waals surface area contributed by atoms with E-state index in [-0.39, 0.29) is 4.13 Å². The number of halogens is 2. The van der Waals surface area contributed by atoms with Crippen molar-refractivity contribution in [3.63, 3.8) is 0 Å². The zero-order chi connectivity index (χ0) is 32.0. The average molecular weight is 665 g/mol. The van der Waals surface area contributed by atoms with Crippen LogP contribution in [0.2, 0.25) is 0 Å². The Morgan fingerprint density at radius 1 is 0.381 bits per heavy atom. The first kappa shape index (κ1) is 44.3. The van der Waals surface area contributed by atoms with E-state index in [4.69, 9.17) is 0 Å². The van der Waals surface area contributed by atoms with Gasteiger partial charge in [0.15, 0.2) is 0 Å². The first-order valence-electron chi connectivity index (χ1n) is 17.5.